The van der Waals surface area contributed by atoms with Gasteiger partial charge in [0, 0.05) is 6.20 Å². The Morgan fingerprint density at radius 3 is 2.15 bits per heavy atom. The van der Waals surface area contributed by atoms with E-state index < -0.39 is 20.2 Å². The van der Waals surface area contributed by atoms with E-state index >= 15 is 0 Å². The quantitative estimate of drug-likeness (QED) is 0.881. The highest BCUT2D eigenvalue weighted by molar-refractivity contribution is 9.10. The Hall–Kier alpha value is -1.55. The highest BCUT2D eigenvalue weighted by Crippen LogP contribution is 2.30. The van der Waals surface area contributed by atoms with E-state index in [9.17, 15) is 21.6 Å². The van der Waals surface area contributed by atoms with Crippen LogP contribution in [0.3, 0.4) is 0 Å². The first-order valence-electron chi connectivity index (χ1n) is 5.05. The molecule has 0 radical (unpaired) electrons. The van der Waals surface area contributed by atoms with Crippen LogP contribution < -0.4 is 5.73 Å². The Balaban J connectivity index is 2.41. The van der Waals surface area contributed by atoms with Crippen molar-refractivity contribution in [1.82, 2.24) is 9.78 Å². The monoisotopic (exact) mass is 369 g/mol. The predicted molar refractivity (Wildman–Crippen MR) is 68.9 cm³/mol. The minimum Gasteiger partial charge on any atom is -0.381 e. The third-order valence-corrected chi connectivity index (χ3v) is 4.53. The Kier molecular flexibility index (Phi) is 3.54. The van der Waals surface area contributed by atoms with Crippen LogP contribution in [0.4, 0.5) is 19.0 Å². The van der Waals surface area contributed by atoms with E-state index in [0.717, 1.165) is 12.1 Å². The van der Waals surface area contributed by atoms with Gasteiger partial charge in [-0.15, -0.1) is 5.10 Å². The molecule has 2 N–H and O–H groups in total. The van der Waals surface area contributed by atoms with Crippen LogP contribution in [0.1, 0.15) is 0 Å². The van der Waals surface area contributed by atoms with Gasteiger partial charge in [0.15, 0.2) is 5.82 Å². The molecule has 0 saturated heterocycles. The fourth-order valence-corrected chi connectivity index (χ4v) is 2.45. The minimum atomic E-state index is -5.34. The van der Waals surface area contributed by atoms with Crippen LogP contribution in [0.15, 0.2) is 39.8 Å². The summed E-state index contributed by atoms with van der Waals surface area (Å²) < 4.78 is 61.3. The average molecular weight is 370 g/mol. The van der Waals surface area contributed by atoms with Crippen molar-refractivity contribution in [3.05, 3.63) is 34.9 Å². The molecule has 1 aromatic heterocycles. The van der Waals surface area contributed by atoms with Crippen LogP contribution in [-0.2, 0) is 9.84 Å². The smallest absolute Gasteiger partial charge is 0.381 e. The van der Waals surface area contributed by atoms with Crippen molar-refractivity contribution < 1.29 is 21.6 Å². The Bertz CT molecular complexity index is 719. The molecule has 10 heteroatoms. The molecule has 0 spiro atoms. The molecule has 0 bridgehead atoms. The van der Waals surface area contributed by atoms with Crippen molar-refractivity contribution >= 4 is 31.6 Å². The first-order valence-corrected chi connectivity index (χ1v) is 7.33. The van der Waals surface area contributed by atoms with Crippen LogP contribution in [0.25, 0.3) is 5.69 Å². The van der Waals surface area contributed by atoms with E-state index in [4.69, 9.17) is 5.73 Å². The van der Waals surface area contributed by atoms with Crippen molar-refractivity contribution in [3.63, 3.8) is 0 Å². The number of hydrogen-bond acceptors (Lipinski definition) is 4. The number of hydrogen-bond donors (Lipinski definition) is 1. The van der Waals surface area contributed by atoms with Gasteiger partial charge in [0.2, 0.25) is 0 Å². The number of anilines is 1. The molecule has 2 rings (SSSR count). The summed E-state index contributed by atoms with van der Waals surface area (Å²) in [7, 11) is -5.34. The predicted octanol–water partition coefficient (Wildman–Crippen LogP) is 2.51. The number of sulfone groups is 1. The summed E-state index contributed by atoms with van der Waals surface area (Å²) in [6.45, 7) is 0. The Morgan fingerprint density at radius 1 is 1.20 bits per heavy atom. The number of alkyl halides is 3. The second-order valence-corrected chi connectivity index (χ2v) is 6.55. The highest BCUT2D eigenvalue weighted by atomic mass is 79.9. The van der Waals surface area contributed by atoms with Gasteiger partial charge in [0.25, 0.3) is 9.84 Å². The number of rotatable bonds is 2. The third-order valence-electron chi connectivity index (χ3n) is 2.41. The normalized spacial score (nSPS) is 12.6. The van der Waals surface area contributed by atoms with Gasteiger partial charge in [0.05, 0.1) is 15.1 Å². The zero-order chi connectivity index (χ0) is 15.1. The lowest BCUT2D eigenvalue weighted by atomic mass is 10.3. The fourth-order valence-electron chi connectivity index (χ4n) is 1.41. The van der Waals surface area contributed by atoms with Gasteiger partial charge in [-0.05, 0) is 40.2 Å². The molecule has 0 amide bonds. The summed E-state index contributed by atoms with van der Waals surface area (Å²) in [6, 6.07) is 4.14. The number of benzene rings is 1. The molecule has 1 aromatic carbocycles. The van der Waals surface area contributed by atoms with Crippen molar-refractivity contribution in [2.24, 2.45) is 0 Å². The fraction of sp³-hybridized carbons (Fsp3) is 0.100. The van der Waals surface area contributed by atoms with E-state index in [1.54, 1.807) is 0 Å². The SMILES string of the molecule is Nc1nn(-c2ccc(S(=O)(=O)C(F)(F)F)cc2)cc1Br. The summed E-state index contributed by atoms with van der Waals surface area (Å²) in [5.41, 5.74) is 0.563. The maximum atomic E-state index is 12.4. The molecule has 0 unspecified atom stereocenters. The van der Waals surface area contributed by atoms with Gasteiger partial charge < -0.3 is 5.73 Å². The summed E-state index contributed by atoms with van der Waals surface area (Å²) in [5.74, 6) is 0.206. The van der Waals surface area contributed by atoms with E-state index in [-0.39, 0.29) is 5.82 Å². The standard InChI is InChI=1S/C10H7BrF3N3O2S/c11-8-5-17(16-9(8)15)6-1-3-7(4-2-6)20(18,19)10(12,13)14/h1-5H,(H2,15,16). The van der Waals surface area contributed by atoms with Crippen LogP contribution in [0.2, 0.25) is 0 Å². The van der Waals surface area contributed by atoms with Crippen LogP contribution in [0, 0.1) is 0 Å². The van der Waals surface area contributed by atoms with Gasteiger partial charge in [-0.1, -0.05) is 0 Å². The van der Waals surface area contributed by atoms with Gasteiger partial charge >= 0.3 is 5.51 Å². The van der Waals surface area contributed by atoms with Gasteiger partial charge in [-0.3, -0.25) is 0 Å². The first-order chi connectivity index (χ1) is 9.13. The van der Waals surface area contributed by atoms with Crippen molar-refractivity contribution in [2.45, 2.75) is 10.4 Å². The summed E-state index contributed by atoms with van der Waals surface area (Å²) >= 11 is 3.13. The second kappa shape index (κ2) is 4.77. The van der Waals surface area contributed by atoms with Crippen molar-refractivity contribution in [2.75, 3.05) is 5.73 Å². The Labute approximate surface area is 120 Å². The zero-order valence-corrected chi connectivity index (χ0v) is 12.0. The highest BCUT2D eigenvalue weighted by Gasteiger charge is 2.46. The first kappa shape index (κ1) is 14.9. The summed E-state index contributed by atoms with van der Waals surface area (Å²) in [5, 5.41) is 3.90. The van der Waals surface area contributed by atoms with Crippen molar-refractivity contribution in [3.8, 4) is 5.69 Å². The molecule has 108 valence electrons. The lowest BCUT2D eigenvalue weighted by Crippen LogP contribution is -2.23. The van der Waals surface area contributed by atoms with Gasteiger partial charge in [0.1, 0.15) is 0 Å². The number of nitrogens with zero attached hydrogens (tertiary/aromatic N) is 2. The molecule has 0 saturated carbocycles. The van der Waals surface area contributed by atoms with Crippen LogP contribution in [-0.4, -0.2) is 23.7 Å². The second-order valence-electron chi connectivity index (χ2n) is 3.75. The van der Waals surface area contributed by atoms with Gasteiger partial charge in [-0.2, -0.15) is 13.2 Å². The third kappa shape index (κ3) is 2.52. The molecule has 0 atom stereocenters. The maximum absolute atomic E-state index is 12.4. The number of nitrogen functional groups attached to an aromatic ring is 1. The van der Waals surface area contributed by atoms with E-state index in [0.29, 0.717) is 10.2 Å². The van der Waals surface area contributed by atoms with Crippen LogP contribution in [0.5, 0.6) is 0 Å². The van der Waals surface area contributed by atoms with Gasteiger partial charge in [-0.25, -0.2) is 13.1 Å². The maximum Gasteiger partial charge on any atom is 0.501 e. The van der Waals surface area contributed by atoms with E-state index in [1.165, 1.54) is 23.0 Å². The minimum absolute atomic E-state index is 0.206. The number of aromatic nitrogens is 2. The molecule has 2 aromatic rings. The average Bonchev–Trinajstić information content (AvgIpc) is 2.68. The molecule has 20 heavy (non-hydrogen) atoms. The number of halogens is 4. The molecule has 0 aliphatic rings. The molecular formula is C10H7BrF3N3O2S. The molecule has 0 aliphatic heterocycles. The topological polar surface area (TPSA) is 78.0 Å². The largest absolute Gasteiger partial charge is 0.501 e. The zero-order valence-electron chi connectivity index (χ0n) is 9.60. The molecule has 1 heterocycles. The summed E-state index contributed by atoms with van der Waals surface area (Å²) in [6.07, 6.45) is 1.50. The Morgan fingerprint density at radius 2 is 1.75 bits per heavy atom. The lowest BCUT2D eigenvalue weighted by Gasteiger charge is -2.08. The lowest BCUT2D eigenvalue weighted by molar-refractivity contribution is -0.0436. The molecule has 5 nitrogen and oxygen atoms in total. The van der Waals surface area contributed by atoms with Crippen LogP contribution >= 0.6 is 15.9 Å². The van der Waals surface area contributed by atoms with Crippen molar-refractivity contribution in [1.29, 1.82) is 0 Å². The van der Waals surface area contributed by atoms with E-state index in [2.05, 4.69) is 21.0 Å². The van der Waals surface area contributed by atoms with E-state index in [1.807, 2.05) is 0 Å². The molecule has 0 aliphatic carbocycles. The summed E-state index contributed by atoms with van der Waals surface area (Å²) in [4.78, 5) is -0.826. The molecular weight excluding hydrogens is 363 g/mol. The molecule has 0 fully saturated rings. The number of nitrogens with two attached hydrogens (primary N) is 1.